The average Bonchev–Trinajstić information content (AvgIpc) is 2.74. The van der Waals surface area contributed by atoms with Gasteiger partial charge < -0.3 is 25.2 Å². The van der Waals surface area contributed by atoms with E-state index in [1.807, 2.05) is 0 Å². The first kappa shape index (κ1) is 22.3. The number of benzene rings is 1. The summed E-state index contributed by atoms with van der Waals surface area (Å²) in [5.41, 5.74) is 1.95. The van der Waals surface area contributed by atoms with E-state index >= 15 is 0 Å². The van der Waals surface area contributed by atoms with Gasteiger partial charge >= 0.3 is 5.97 Å². The number of methoxy groups -OCH3 is 1. The number of carboxylic acids is 1. The number of aromatic hydroxyl groups is 1. The molecule has 164 valence electrons. The van der Waals surface area contributed by atoms with Crippen molar-refractivity contribution in [2.24, 2.45) is 0 Å². The molecule has 0 spiro atoms. The number of hydrogen-bond donors (Lipinski definition) is 3. The molecule has 1 aliphatic rings. The van der Waals surface area contributed by atoms with Crippen LogP contribution < -0.4 is 10.1 Å². The van der Waals surface area contributed by atoms with Crippen molar-refractivity contribution in [3.63, 3.8) is 0 Å². The van der Waals surface area contributed by atoms with Crippen LogP contribution in [-0.4, -0.2) is 64.1 Å². The SMILES string of the molecule is COc1ccc(-c2nnc(N[C@@H]3CCCN(CCCC(=O)O)C3)c(C#N)c2C)c(O)c1. The summed E-state index contributed by atoms with van der Waals surface area (Å²) in [4.78, 5) is 13.0. The molecule has 2 aromatic rings. The van der Waals surface area contributed by atoms with Crippen LogP contribution in [0.2, 0.25) is 0 Å². The Balaban J connectivity index is 1.76. The van der Waals surface area contributed by atoms with Crippen LogP contribution in [0.4, 0.5) is 5.82 Å². The molecule has 0 amide bonds. The van der Waals surface area contributed by atoms with Crippen molar-refractivity contribution in [2.45, 2.75) is 38.6 Å². The number of hydrogen-bond acceptors (Lipinski definition) is 8. The standard InChI is InChI=1S/C22H27N5O4/c1-14-18(12-23)22(24-15-5-3-9-27(13-15)10-4-6-20(29)30)26-25-21(14)17-8-7-16(31-2)11-19(17)28/h7-8,11,15,28H,3-6,9-10,13H2,1-2H3,(H,24,26)(H,29,30)/t15-/m1/s1. The number of nitrogens with one attached hydrogen (secondary N) is 1. The van der Waals surface area contributed by atoms with Gasteiger partial charge in [0.2, 0.25) is 0 Å². The Bertz CT molecular complexity index is 989. The zero-order chi connectivity index (χ0) is 22.4. The van der Waals surface area contributed by atoms with Gasteiger partial charge in [-0.15, -0.1) is 10.2 Å². The van der Waals surface area contributed by atoms with Crippen molar-refractivity contribution in [2.75, 3.05) is 32.1 Å². The summed E-state index contributed by atoms with van der Waals surface area (Å²) < 4.78 is 5.12. The Labute approximate surface area is 181 Å². The fraction of sp³-hybridized carbons (Fsp3) is 0.455. The number of aromatic nitrogens is 2. The van der Waals surface area contributed by atoms with E-state index in [0.29, 0.717) is 40.4 Å². The highest BCUT2D eigenvalue weighted by Gasteiger charge is 2.23. The van der Waals surface area contributed by atoms with Gasteiger partial charge in [-0.2, -0.15) is 5.26 Å². The van der Waals surface area contributed by atoms with Gasteiger partial charge in [-0.25, -0.2) is 0 Å². The molecule has 3 rings (SSSR count). The van der Waals surface area contributed by atoms with Gasteiger partial charge in [0.25, 0.3) is 0 Å². The number of rotatable bonds is 8. The summed E-state index contributed by atoms with van der Waals surface area (Å²) in [6.45, 7) is 4.21. The minimum Gasteiger partial charge on any atom is -0.507 e. The molecule has 0 aliphatic carbocycles. The molecule has 2 heterocycles. The third-order valence-electron chi connectivity index (χ3n) is 5.50. The molecule has 0 unspecified atom stereocenters. The molecular formula is C22H27N5O4. The second-order valence-electron chi connectivity index (χ2n) is 7.67. The van der Waals surface area contributed by atoms with Gasteiger partial charge in [-0.1, -0.05) is 0 Å². The van der Waals surface area contributed by atoms with Gasteiger partial charge in [-0.05, 0) is 57.0 Å². The van der Waals surface area contributed by atoms with E-state index in [0.717, 1.165) is 32.5 Å². The summed E-state index contributed by atoms with van der Waals surface area (Å²) >= 11 is 0. The highest BCUT2D eigenvalue weighted by atomic mass is 16.5. The first-order chi connectivity index (χ1) is 14.9. The third kappa shape index (κ3) is 5.41. The molecule has 1 atom stereocenters. The second-order valence-corrected chi connectivity index (χ2v) is 7.67. The van der Waals surface area contributed by atoms with E-state index in [-0.39, 0.29) is 18.2 Å². The van der Waals surface area contributed by atoms with Crippen molar-refractivity contribution in [1.82, 2.24) is 15.1 Å². The highest BCUT2D eigenvalue weighted by Crippen LogP contribution is 2.34. The number of likely N-dealkylation sites (tertiary alicyclic amines) is 1. The summed E-state index contributed by atoms with van der Waals surface area (Å²) in [6.07, 6.45) is 2.70. The maximum absolute atomic E-state index is 10.7. The number of carbonyl (C=O) groups is 1. The number of aliphatic carboxylic acids is 1. The minimum absolute atomic E-state index is 0.00521. The maximum Gasteiger partial charge on any atom is 0.303 e. The molecule has 9 heteroatoms. The topological polar surface area (TPSA) is 132 Å². The number of carboxylic acid groups (broad SMARTS) is 1. The first-order valence-electron chi connectivity index (χ1n) is 10.3. The lowest BCUT2D eigenvalue weighted by Crippen LogP contribution is -2.42. The van der Waals surface area contributed by atoms with E-state index in [4.69, 9.17) is 9.84 Å². The average molecular weight is 425 g/mol. The summed E-state index contributed by atoms with van der Waals surface area (Å²) in [7, 11) is 1.52. The number of phenolic OH excluding ortho intramolecular Hbond substituents is 1. The number of anilines is 1. The smallest absolute Gasteiger partial charge is 0.303 e. The van der Waals surface area contributed by atoms with Crippen molar-refractivity contribution < 1.29 is 19.7 Å². The molecule has 31 heavy (non-hydrogen) atoms. The minimum atomic E-state index is -0.779. The Hall–Kier alpha value is -3.38. The van der Waals surface area contributed by atoms with Gasteiger partial charge in [0.15, 0.2) is 5.82 Å². The zero-order valence-corrected chi connectivity index (χ0v) is 17.8. The third-order valence-corrected chi connectivity index (χ3v) is 5.50. The lowest BCUT2D eigenvalue weighted by atomic mass is 10.0. The molecule has 0 bridgehead atoms. The number of phenols is 1. The molecule has 0 saturated carbocycles. The molecule has 3 N–H and O–H groups in total. The maximum atomic E-state index is 10.7. The lowest BCUT2D eigenvalue weighted by Gasteiger charge is -2.33. The Kier molecular flexibility index (Phi) is 7.26. The quantitative estimate of drug-likeness (QED) is 0.584. The van der Waals surface area contributed by atoms with Crippen molar-refractivity contribution in [3.05, 3.63) is 29.3 Å². The second kappa shape index (κ2) is 10.1. The van der Waals surface area contributed by atoms with E-state index in [1.165, 1.54) is 13.2 Å². The summed E-state index contributed by atoms with van der Waals surface area (Å²) in [5, 5.41) is 40.8. The highest BCUT2D eigenvalue weighted by molar-refractivity contribution is 5.74. The molecule has 1 saturated heterocycles. The Morgan fingerprint density at radius 2 is 2.23 bits per heavy atom. The van der Waals surface area contributed by atoms with E-state index < -0.39 is 5.97 Å². The van der Waals surface area contributed by atoms with Crippen LogP contribution in [0.25, 0.3) is 11.3 Å². The van der Waals surface area contributed by atoms with E-state index in [2.05, 4.69) is 26.5 Å². The normalized spacial score (nSPS) is 16.5. The first-order valence-corrected chi connectivity index (χ1v) is 10.3. The monoisotopic (exact) mass is 425 g/mol. The fourth-order valence-electron chi connectivity index (χ4n) is 3.88. The van der Waals surface area contributed by atoms with Crippen LogP contribution in [0.5, 0.6) is 11.5 Å². The zero-order valence-electron chi connectivity index (χ0n) is 17.8. The summed E-state index contributed by atoms with van der Waals surface area (Å²) in [6, 6.07) is 7.21. The Morgan fingerprint density at radius 3 is 2.90 bits per heavy atom. The number of ether oxygens (including phenoxy) is 1. The molecule has 1 aromatic carbocycles. The molecule has 9 nitrogen and oxygen atoms in total. The van der Waals surface area contributed by atoms with Crippen molar-refractivity contribution in [3.8, 4) is 28.8 Å². The number of nitriles is 1. The summed E-state index contributed by atoms with van der Waals surface area (Å²) in [5.74, 6) is 0.176. The molecule has 0 radical (unpaired) electrons. The fourth-order valence-corrected chi connectivity index (χ4v) is 3.88. The molecule has 1 fully saturated rings. The molecule has 1 aliphatic heterocycles. The van der Waals surface area contributed by atoms with E-state index in [1.54, 1.807) is 19.1 Å². The van der Waals surface area contributed by atoms with E-state index in [9.17, 15) is 15.2 Å². The largest absolute Gasteiger partial charge is 0.507 e. The van der Waals surface area contributed by atoms with Crippen LogP contribution in [0, 0.1) is 18.3 Å². The predicted molar refractivity (Wildman–Crippen MR) is 115 cm³/mol. The van der Waals surface area contributed by atoms with Gasteiger partial charge in [-0.3, -0.25) is 4.79 Å². The van der Waals surface area contributed by atoms with Crippen LogP contribution in [-0.2, 0) is 4.79 Å². The van der Waals surface area contributed by atoms with Crippen LogP contribution in [0.15, 0.2) is 18.2 Å². The van der Waals surface area contributed by atoms with Gasteiger partial charge in [0, 0.05) is 30.6 Å². The molecule has 1 aromatic heterocycles. The molecular weight excluding hydrogens is 398 g/mol. The number of nitrogens with zero attached hydrogens (tertiary/aromatic N) is 4. The van der Waals surface area contributed by atoms with Gasteiger partial charge in [0.1, 0.15) is 28.8 Å². The van der Waals surface area contributed by atoms with Crippen LogP contribution in [0.1, 0.15) is 36.8 Å². The predicted octanol–water partition coefficient (Wildman–Crippen LogP) is 2.78. The van der Waals surface area contributed by atoms with Gasteiger partial charge in [0.05, 0.1) is 7.11 Å². The van der Waals surface area contributed by atoms with Crippen LogP contribution in [0.3, 0.4) is 0 Å². The van der Waals surface area contributed by atoms with Crippen LogP contribution >= 0.6 is 0 Å². The number of piperidine rings is 1. The Morgan fingerprint density at radius 1 is 1.42 bits per heavy atom. The lowest BCUT2D eigenvalue weighted by molar-refractivity contribution is -0.137. The van der Waals surface area contributed by atoms with Crippen molar-refractivity contribution in [1.29, 1.82) is 5.26 Å². The van der Waals surface area contributed by atoms with Crippen molar-refractivity contribution >= 4 is 11.8 Å².